The van der Waals surface area contributed by atoms with Gasteiger partial charge >= 0.3 is 6.18 Å². The van der Waals surface area contributed by atoms with Gasteiger partial charge in [-0.15, -0.1) is 0 Å². The van der Waals surface area contributed by atoms with Crippen LogP contribution in [-0.4, -0.2) is 35.8 Å². The molecule has 9 heteroatoms. The van der Waals surface area contributed by atoms with Crippen LogP contribution in [0.25, 0.3) is 0 Å². The van der Waals surface area contributed by atoms with Crippen molar-refractivity contribution in [3.05, 3.63) is 47.4 Å². The Morgan fingerprint density at radius 3 is 2.66 bits per heavy atom. The molecule has 1 aliphatic carbocycles. The molecule has 0 bridgehead atoms. The van der Waals surface area contributed by atoms with Gasteiger partial charge in [0.15, 0.2) is 6.61 Å². The molecule has 0 aliphatic heterocycles. The number of aromatic nitrogens is 2. The van der Waals surface area contributed by atoms with Crippen LogP contribution in [0.15, 0.2) is 30.6 Å². The smallest absolute Gasteiger partial charge is 0.422 e. The summed E-state index contributed by atoms with van der Waals surface area (Å²) in [5.74, 6) is 0.547. The van der Waals surface area contributed by atoms with E-state index in [-0.39, 0.29) is 23.6 Å². The first-order valence-corrected chi connectivity index (χ1v) is 9.14. The molecule has 1 saturated carbocycles. The molecule has 3 atom stereocenters. The van der Waals surface area contributed by atoms with Gasteiger partial charge in [-0.3, -0.25) is 9.78 Å². The van der Waals surface area contributed by atoms with Crippen LogP contribution in [0.4, 0.5) is 13.2 Å². The number of alkyl halides is 3. The second-order valence-corrected chi connectivity index (χ2v) is 7.09. The Morgan fingerprint density at radius 1 is 1.31 bits per heavy atom. The third kappa shape index (κ3) is 5.36. The number of methoxy groups -OCH3 is 1. The summed E-state index contributed by atoms with van der Waals surface area (Å²) in [5, 5.41) is 2.88. The SMILES string of the molecule is COc1ccc([C@@H]2C[C@H]2C(=O)NC(C)c2cnc(OCC(F)(F)F)cn2)cc1C. The first-order valence-electron chi connectivity index (χ1n) is 9.14. The molecule has 156 valence electrons. The van der Waals surface area contributed by atoms with Crippen molar-refractivity contribution in [3.8, 4) is 11.6 Å². The number of carbonyl (C=O) groups excluding carboxylic acids is 1. The maximum Gasteiger partial charge on any atom is 0.422 e. The number of aryl methyl sites for hydroxylation is 1. The summed E-state index contributed by atoms with van der Waals surface area (Å²) >= 11 is 0. The Hall–Kier alpha value is -2.84. The number of ether oxygens (including phenoxy) is 2. The number of halogens is 3. The molecule has 6 nitrogen and oxygen atoms in total. The predicted octanol–water partition coefficient (Wildman–Crippen LogP) is 3.72. The Morgan fingerprint density at radius 2 is 2.07 bits per heavy atom. The third-order valence-electron chi connectivity index (χ3n) is 4.81. The van der Waals surface area contributed by atoms with E-state index in [4.69, 9.17) is 4.74 Å². The van der Waals surface area contributed by atoms with Crippen LogP contribution in [0.5, 0.6) is 11.6 Å². The highest BCUT2D eigenvalue weighted by molar-refractivity contribution is 5.83. The number of carbonyl (C=O) groups is 1. The molecule has 1 heterocycles. The van der Waals surface area contributed by atoms with Crippen molar-refractivity contribution in [1.82, 2.24) is 15.3 Å². The fraction of sp³-hybridized carbons (Fsp3) is 0.450. The fourth-order valence-electron chi connectivity index (χ4n) is 3.16. The van der Waals surface area contributed by atoms with Gasteiger partial charge in [0.1, 0.15) is 5.75 Å². The summed E-state index contributed by atoms with van der Waals surface area (Å²) in [4.78, 5) is 20.4. The van der Waals surface area contributed by atoms with Crippen LogP contribution in [0.2, 0.25) is 0 Å². The Kier molecular flexibility index (Phi) is 5.95. The molecule has 1 aromatic heterocycles. The van der Waals surface area contributed by atoms with E-state index < -0.39 is 18.8 Å². The lowest BCUT2D eigenvalue weighted by Crippen LogP contribution is -2.29. The number of rotatable bonds is 7. The van der Waals surface area contributed by atoms with Crippen LogP contribution in [0.1, 0.15) is 42.1 Å². The lowest BCUT2D eigenvalue weighted by Gasteiger charge is -2.14. The van der Waals surface area contributed by atoms with Crippen molar-refractivity contribution in [2.75, 3.05) is 13.7 Å². The van der Waals surface area contributed by atoms with E-state index in [9.17, 15) is 18.0 Å². The highest BCUT2D eigenvalue weighted by atomic mass is 19.4. The third-order valence-corrected chi connectivity index (χ3v) is 4.81. The molecule has 1 aliphatic rings. The number of benzene rings is 1. The van der Waals surface area contributed by atoms with Crippen molar-refractivity contribution >= 4 is 5.91 Å². The quantitative estimate of drug-likeness (QED) is 0.755. The van der Waals surface area contributed by atoms with Gasteiger partial charge in [0.05, 0.1) is 31.2 Å². The average molecular weight is 409 g/mol. The molecule has 1 N–H and O–H groups in total. The maximum absolute atomic E-state index is 12.5. The molecule has 1 amide bonds. The summed E-state index contributed by atoms with van der Waals surface area (Å²) in [7, 11) is 1.62. The van der Waals surface area contributed by atoms with Gasteiger partial charge in [0.2, 0.25) is 11.8 Å². The molecule has 29 heavy (non-hydrogen) atoms. The van der Waals surface area contributed by atoms with Crippen LogP contribution in [-0.2, 0) is 4.79 Å². The average Bonchev–Trinajstić information content (AvgIpc) is 3.47. The molecular weight excluding hydrogens is 387 g/mol. The maximum atomic E-state index is 12.5. The van der Waals surface area contributed by atoms with E-state index >= 15 is 0 Å². The van der Waals surface area contributed by atoms with Gasteiger partial charge in [0, 0.05) is 5.92 Å². The van der Waals surface area contributed by atoms with Crippen LogP contribution in [0, 0.1) is 12.8 Å². The normalized spacial score (nSPS) is 19.4. The van der Waals surface area contributed by atoms with Gasteiger partial charge in [-0.05, 0) is 43.4 Å². The van der Waals surface area contributed by atoms with Crippen LogP contribution in [0.3, 0.4) is 0 Å². The number of nitrogens with zero attached hydrogens (tertiary/aromatic N) is 2. The van der Waals surface area contributed by atoms with E-state index in [1.807, 2.05) is 25.1 Å². The zero-order valence-electron chi connectivity index (χ0n) is 16.3. The van der Waals surface area contributed by atoms with E-state index in [1.165, 1.54) is 6.20 Å². The van der Waals surface area contributed by atoms with Crippen molar-refractivity contribution < 1.29 is 27.4 Å². The lowest BCUT2D eigenvalue weighted by atomic mass is 10.1. The Bertz CT molecular complexity index is 872. The number of amides is 1. The molecule has 0 spiro atoms. The first-order chi connectivity index (χ1) is 13.7. The molecule has 0 radical (unpaired) electrons. The molecule has 3 rings (SSSR count). The summed E-state index contributed by atoms with van der Waals surface area (Å²) < 4.78 is 46.3. The van der Waals surface area contributed by atoms with E-state index in [2.05, 4.69) is 20.0 Å². The van der Waals surface area contributed by atoms with Gasteiger partial charge in [-0.1, -0.05) is 12.1 Å². The molecular formula is C20H22F3N3O3. The van der Waals surface area contributed by atoms with Crippen LogP contribution < -0.4 is 14.8 Å². The molecule has 1 aromatic carbocycles. The zero-order valence-corrected chi connectivity index (χ0v) is 16.3. The van der Waals surface area contributed by atoms with Gasteiger partial charge in [-0.2, -0.15) is 13.2 Å². The summed E-state index contributed by atoms with van der Waals surface area (Å²) in [5.41, 5.74) is 2.56. The standard InChI is InChI=1S/C20H22F3N3O3/c1-11-6-13(4-5-17(11)28-3)14-7-15(14)19(27)26-12(2)16-8-25-18(9-24-16)29-10-20(21,22)23/h4-6,8-9,12,14-15H,7,10H2,1-3H3,(H,26,27)/t12?,14-,15+/m0/s1. The monoisotopic (exact) mass is 409 g/mol. The van der Waals surface area contributed by atoms with Gasteiger partial charge < -0.3 is 14.8 Å². The molecule has 1 fully saturated rings. The zero-order chi connectivity index (χ0) is 21.2. The molecule has 2 aromatic rings. The largest absolute Gasteiger partial charge is 0.496 e. The molecule has 1 unspecified atom stereocenters. The predicted molar refractivity (Wildman–Crippen MR) is 98.7 cm³/mol. The van der Waals surface area contributed by atoms with Gasteiger partial charge in [0.25, 0.3) is 0 Å². The highest BCUT2D eigenvalue weighted by Crippen LogP contribution is 2.48. The minimum Gasteiger partial charge on any atom is -0.496 e. The molecule has 0 saturated heterocycles. The van der Waals surface area contributed by atoms with Crippen molar-refractivity contribution in [2.45, 2.75) is 38.4 Å². The van der Waals surface area contributed by atoms with E-state index in [0.717, 1.165) is 29.5 Å². The number of hydrogen-bond donors (Lipinski definition) is 1. The second-order valence-electron chi connectivity index (χ2n) is 7.09. The fourth-order valence-corrected chi connectivity index (χ4v) is 3.16. The topological polar surface area (TPSA) is 73.3 Å². The second kappa shape index (κ2) is 8.26. The Balaban J connectivity index is 1.54. The van der Waals surface area contributed by atoms with Crippen molar-refractivity contribution in [3.63, 3.8) is 0 Å². The summed E-state index contributed by atoms with van der Waals surface area (Å²) in [6.45, 7) is 2.27. The van der Waals surface area contributed by atoms with E-state index in [1.54, 1.807) is 14.0 Å². The van der Waals surface area contributed by atoms with E-state index in [0.29, 0.717) is 5.69 Å². The van der Waals surface area contributed by atoms with Gasteiger partial charge in [-0.25, -0.2) is 4.98 Å². The number of nitrogens with one attached hydrogen (secondary N) is 1. The summed E-state index contributed by atoms with van der Waals surface area (Å²) in [6, 6.07) is 5.48. The highest BCUT2D eigenvalue weighted by Gasteiger charge is 2.44. The minimum absolute atomic E-state index is 0.0878. The minimum atomic E-state index is -4.44. The van der Waals surface area contributed by atoms with Crippen molar-refractivity contribution in [2.24, 2.45) is 5.92 Å². The summed E-state index contributed by atoms with van der Waals surface area (Å²) in [6.07, 6.45) is -1.26. The van der Waals surface area contributed by atoms with Crippen molar-refractivity contribution in [1.29, 1.82) is 0 Å². The first kappa shape index (κ1) is 20.9. The Labute approximate surface area is 166 Å². The van der Waals surface area contributed by atoms with Crippen LogP contribution >= 0.6 is 0 Å². The lowest BCUT2D eigenvalue weighted by molar-refractivity contribution is -0.154. The number of hydrogen-bond acceptors (Lipinski definition) is 5.